The van der Waals surface area contributed by atoms with Gasteiger partial charge in [-0.3, -0.25) is 4.79 Å². The number of alkyl halides is 3. The van der Waals surface area contributed by atoms with Crippen LogP contribution in [0.15, 0.2) is 29.2 Å². The van der Waals surface area contributed by atoms with E-state index in [1.54, 1.807) is 6.92 Å². The van der Waals surface area contributed by atoms with E-state index in [0.29, 0.717) is 12.3 Å². The Morgan fingerprint density at radius 3 is 2.53 bits per heavy atom. The number of rotatable bonds is 6. The molecule has 160 valence electrons. The number of nitrogen functional groups attached to an aromatic ring is 1. The average Bonchev–Trinajstić information content (AvgIpc) is 2.64. The van der Waals surface area contributed by atoms with Gasteiger partial charge in [-0.05, 0) is 30.7 Å². The lowest BCUT2D eigenvalue weighted by Crippen LogP contribution is -2.25. The number of anilines is 1. The summed E-state index contributed by atoms with van der Waals surface area (Å²) in [6.07, 6.45) is -4.22. The highest BCUT2D eigenvalue weighted by Gasteiger charge is 2.36. The number of nitrogens with two attached hydrogens (primary N) is 1. The molecule has 0 spiro atoms. The summed E-state index contributed by atoms with van der Waals surface area (Å²) in [4.78, 5) is 15.4. The van der Waals surface area contributed by atoms with E-state index in [4.69, 9.17) is 15.7 Å². The van der Waals surface area contributed by atoms with Gasteiger partial charge in [0.05, 0.1) is 22.8 Å². The maximum absolute atomic E-state index is 13.2. The zero-order valence-corrected chi connectivity index (χ0v) is 16.7. The molecular formula is C18H17F3N4O4S. The van der Waals surface area contributed by atoms with Gasteiger partial charge in [-0.1, -0.05) is 6.07 Å². The van der Waals surface area contributed by atoms with Crippen molar-refractivity contribution >= 4 is 21.4 Å². The van der Waals surface area contributed by atoms with E-state index in [2.05, 4.69) is 10.3 Å². The van der Waals surface area contributed by atoms with Gasteiger partial charge in [0.15, 0.2) is 9.84 Å². The van der Waals surface area contributed by atoms with E-state index in [1.165, 1.54) is 0 Å². The number of nitriles is 1. The van der Waals surface area contributed by atoms with Crippen molar-refractivity contribution in [3.8, 4) is 11.9 Å². The number of ether oxygens (including phenoxy) is 1. The first-order valence-corrected chi connectivity index (χ1v) is 10.3. The van der Waals surface area contributed by atoms with Gasteiger partial charge in [0.25, 0.3) is 5.91 Å². The molecule has 12 heteroatoms. The van der Waals surface area contributed by atoms with E-state index >= 15 is 0 Å². The Kier molecular flexibility index (Phi) is 6.57. The van der Waals surface area contributed by atoms with Gasteiger partial charge in [-0.15, -0.1) is 0 Å². The van der Waals surface area contributed by atoms with Crippen LogP contribution in [0.25, 0.3) is 0 Å². The van der Waals surface area contributed by atoms with Crippen molar-refractivity contribution in [2.24, 2.45) is 0 Å². The van der Waals surface area contributed by atoms with Crippen molar-refractivity contribution < 1.29 is 31.1 Å². The van der Waals surface area contributed by atoms with E-state index in [-0.39, 0.29) is 41.5 Å². The fraction of sp³-hybridized carbons (Fsp3) is 0.278. The zero-order valence-electron chi connectivity index (χ0n) is 15.9. The molecule has 1 amide bonds. The summed E-state index contributed by atoms with van der Waals surface area (Å²) >= 11 is 0. The molecule has 2 rings (SSSR count). The van der Waals surface area contributed by atoms with Gasteiger partial charge < -0.3 is 15.8 Å². The lowest BCUT2D eigenvalue weighted by molar-refractivity contribution is -0.139. The largest absolute Gasteiger partial charge is 0.477 e. The van der Waals surface area contributed by atoms with Crippen LogP contribution in [0.3, 0.4) is 0 Å². The molecule has 3 N–H and O–H groups in total. The minimum Gasteiger partial charge on any atom is -0.477 e. The highest BCUT2D eigenvalue weighted by Crippen LogP contribution is 2.34. The molecule has 0 saturated heterocycles. The Hall–Kier alpha value is -3.33. The molecule has 0 saturated carbocycles. The van der Waals surface area contributed by atoms with Crippen LogP contribution >= 0.6 is 0 Å². The van der Waals surface area contributed by atoms with E-state index in [9.17, 15) is 26.4 Å². The van der Waals surface area contributed by atoms with Crippen LogP contribution in [0, 0.1) is 11.3 Å². The van der Waals surface area contributed by atoms with Crippen LogP contribution in [0.5, 0.6) is 5.88 Å². The third-order valence-electron chi connectivity index (χ3n) is 3.84. The molecule has 0 radical (unpaired) electrons. The number of carbonyl (C=O) groups is 1. The summed E-state index contributed by atoms with van der Waals surface area (Å²) in [7, 11) is -4.10. The third kappa shape index (κ3) is 5.18. The number of aromatic nitrogens is 1. The van der Waals surface area contributed by atoms with E-state index < -0.39 is 32.4 Å². The van der Waals surface area contributed by atoms with Gasteiger partial charge >= 0.3 is 6.18 Å². The maximum Gasteiger partial charge on any atom is 0.417 e. The molecule has 0 aliphatic rings. The summed E-state index contributed by atoms with van der Waals surface area (Å²) in [5.41, 5.74) is 4.15. The predicted molar refractivity (Wildman–Crippen MR) is 100 cm³/mol. The lowest BCUT2D eigenvalue weighted by atomic mass is 10.1. The highest BCUT2D eigenvalue weighted by molar-refractivity contribution is 7.90. The fourth-order valence-electron chi connectivity index (χ4n) is 2.52. The van der Waals surface area contributed by atoms with E-state index in [1.807, 2.05) is 6.07 Å². The molecule has 1 aromatic carbocycles. The molecule has 0 unspecified atom stereocenters. The van der Waals surface area contributed by atoms with Gasteiger partial charge in [0, 0.05) is 12.8 Å². The fourth-order valence-corrected chi connectivity index (χ4v) is 3.40. The number of hydrogen-bond donors (Lipinski definition) is 2. The Morgan fingerprint density at radius 2 is 2.00 bits per heavy atom. The van der Waals surface area contributed by atoms with Crippen molar-refractivity contribution in [2.45, 2.75) is 24.5 Å². The standard InChI is InChI=1S/C18H17F3N4O4S/c1-3-29-17-11(8-22)13(23)7-14(25-17)16(26)24-9-10-4-5-15(30(2,27)28)12(6-10)18(19,20)21/h4-7H,3,9H2,1-2H3,(H2,23,25)(H,24,26). The minimum atomic E-state index is -4.89. The van der Waals surface area contributed by atoms with Gasteiger partial charge in [-0.25, -0.2) is 13.4 Å². The van der Waals surface area contributed by atoms with E-state index in [0.717, 1.165) is 18.2 Å². The summed E-state index contributed by atoms with van der Waals surface area (Å²) in [5, 5.41) is 11.5. The van der Waals surface area contributed by atoms with Crippen molar-refractivity contribution in [1.82, 2.24) is 10.3 Å². The molecule has 8 nitrogen and oxygen atoms in total. The Morgan fingerprint density at radius 1 is 1.33 bits per heavy atom. The SMILES string of the molecule is CCOc1nc(C(=O)NCc2ccc(S(C)(=O)=O)c(C(F)(F)F)c2)cc(N)c1C#N. The van der Waals surface area contributed by atoms with Crippen LogP contribution in [0.4, 0.5) is 18.9 Å². The normalized spacial score (nSPS) is 11.6. The van der Waals surface area contributed by atoms with Crippen LogP contribution in [0.2, 0.25) is 0 Å². The number of hydrogen-bond acceptors (Lipinski definition) is 7. The quantitative estimate of drug-likeness (QED) is 0.701. The molecule has 30 heavy (non-hydrogen) atoms. The summed E-state index contributed by atoms with van der Waals surface area (Å²) in [6.45, 7) is 1.47. The van der Waals surface area contributed by atoms with Crippen LogP contribution in [-0.4, -0.2) is 32.2 Å². The van der Waals surface area contributed by atoms with Crippen molar-refractivity contribution in [1.29, 1.82) is 5.26 Å². The second-order valence-electron chi connectivity index (χ2n) is 6.10. The third-order valence-corrected chi connectivity index (χ3v) is 5.00. The second-order valence-corrected chi connectivity index (χ2v) is 8.09. The Balaban J connectivity index is 2.30. The number of nitrogens with one attached hydrogen (secondary N) is 1. The average molecular weight is 442 g/mol. The maximum atomic E-state index is 13.2. The van der Waals surface area contributed by atoms with Gasteiger partial charge in [-0.2, -0.15) is 18.4 Å². The van der Waals surface area contributed by atoms with Crippen LogP contribution in [0.1, 0.15) is 34.1 Å². The minimum absolute atomic E-state index is 0.0229. The number of halogens is 3. The first kappa shape index (κ1) is 23.0. The molecule has 0 aliphatic carbocycles. The number of benzene rings is 1. The first-order chi connectivity index (χ1) is 13.9. The molecular weight excluding hydrogens is 425 g/mol. The molecule has 0 bridgehead atoms. The number of nitrogens with zero attached hydrogens (tertiary/aromatic N) is 2. The molecule has 2 aromatic rings. The van der Waals surface area contributed by atoms with Crippen LogP contribution < -0.4 is 15.8 Å². The van der Waals surface area contributed by atoms with Crippen LogP contribution in [-0.2, 0) is 22.6 Å². The van der Waals surface area contributed by atoms with Crippen molar-refractivity contribution in [3.63, 3.8) is 0 Å². The van der Waals surface area contributed by atoms with Crippen molar-refractivity contribution in [2.75, 3.05) is 18.6 Å². The van der Waals surface area contributed by atoms with Gasteiger partial charge in [0.2, 0.25) is 5.88 Å². The number of pyridine rings is 1. The lowest BCUT2D eigenvalue weighted by Gasteiger charge is -2.14. The predicted octanol–water partition coefficient (Wildman–Crippen LogP) is 2.29. The summed E-state index contributed by atoms with van der Waals surface area (Å²) in [6, 6.07) is 5.61. The van der Waals surface area contributed by atoms with Gasteiger partial charge in [0.1, 0.15) is 17.3 Å². The second kappa shape index (κ2) is 8.58. The molecule has 0 atom stereocenters. The first-order valence-electron chi connectivity index (χ1n) is 8.40. The summed E-state index contributed by atoms with van der Waals surface area (Å²) in [5.74, 6) is -0.907. The smallest absolute Gasteiger partial charge is 0.417 e. The Labute approximate surface area is 170 Å². The Bertz CT molecular complexity index is 1130. The zero-order chi connectivity index (χ0) is 22.7. The molecule has 1 heterocycles. The number of sulfone groups is 1. The monoisotopic (exact) mass is 442 g/mol. The molecule has 0 fully saturated rings. The van der Waals surface area contributed by atoms with Crippen molar-refractivity contribution in [3.05, 3.63) is 46.6 Å². The molecule has 0 aliphatic heterocycles. The molecule has 1 aromatic heterocycles. The number of carbonyl (C=O) groups excluding carboxylic acids is 1. The highest BCUT2D eigenvalue weighted by atomic mass is 32.2. The number of amides is 1. The topological polar surface area (TPSA) is 135 Å². The summed E-state index contributed by atoms with van der Waals surface area (Å²) < 4.78 is 68.1.